The Morgan fingerprint density at radius 2 is 2.24 bits per heavy atom. The molecule has 0 bridgehead atoms. The van der Waals surface area contributed by atoms with E-state index >= 15 is 0 Å². The molecule has 0 aliphatic carbocycles. The van der Waals surface area contributed by atoms with Crippen molar-refractivity contribution in [2.45, 2.75) is 26.4 Å². The molecule has 112 valence electrons. The molecule has 0 fully saturated rings. The lowest BCUT2D eigenvalue weighted by Crippen LogP contribution is -2.05. The molecule has 7 nitrogen and oxygen atoms in total. The van der Waals surface area contributed by atoms with Gasteiger partial charge in [0, 0.05) is 6.42 Å². The van der Waals surface area contributed by atoms with Crippen molar-refractivity contribution in [1.29, 1.82) is 0 Å². The minimum atomic E-state index is -1.09. The van der Waals surface area contributed by atoms with Crippen molar-refractivity contribution >= 4 is 5.97 Å². The Kier molecular flexibility index (Phi) is 4.76. The molecule has 0 unspecified atom stereocenters. The first kappa shape index (κ1) is 14.8. The summed E-state index contributed by atoms with van der Waals surface area (Å²) in [6.45, 7) is 2.05. The summed E-state index contributed by atoms with van der Waals surface area (Å²) in [5, 5.41) is 12.9. The number of aryl methyl sites for hydroxylation is 1. The molecule has 0 saturated heterocycles. The zero-order valence-corrected chi connectivity index (χ0v) is 11.8. The van der Waals surface area contributed by atoms with Crippen LogP contribution in [0.4, 0.5) is 0 Å². The van der Waals surface area contributed by atoms with Gasteiger partial charge in [-0.25, -0.2) is 4.79 Å². The lowest BCUT2D eigenvalue weighted by molar-refractivity contribution is 0.0691. The molecule has 21 heavy (non-hydrogen) atoms. The number of benzene rings is 1. The highest BCUT2D eigenvalue weighted by molar-refractivity contribution is 5.91. The van der Waals surface area contributed by atoms with Crippen LogP contribution in [0.1, 0.15) is 35.4 Å². The molecule has 0 aliphatic rings. The monoisotopic (exact) mass is 292 g/mol. The molecular formula is C14H16N2O5. The zero-order valence-electron chi connectivity index (χ0n) is 11.8. The van der Waals surface area contributed by atoms with Gasteiger partial charge >= 0.3 is 5.97 Å². The first-order chi connectivity index (χ1) is 10.1. The number of aromatic nitrogens is 2. The van der Waals surface area contributed by atoms with Crippen LogP contribution in [-0.4, -0.2) is 28.3 Å². The fraction of sp³-hybridized carbons (Fsp3) is 0.357. The second-order valence-electron chi connectivity index (χ2n) is 4.31. The Morgan fingerprint density at radius 3 is 2.90 bits per heavy atom. The summed E-state index contributed by atoms with van der Waals surface area (Å²) in [5.41, 5.74) is 0.0200. The minimum absolute atomic E-state index is 0.0200. The van der Waals surface area contributed by atoms with Crippen molar-refractivity contribution < 1.29 is 23.9 Å². The van der Waals surface area contributed by atoms with Crippen molar-refractivity contribution in [3.05, 3.63) is 35.5 Å². The highest BCUT2D eigenvalue weighted by atomic mass is 16.5. The summed E-state index contributed by atoms with van der Waals surface area (Å²) in [4.78, 5) is 15.4. The molecule has 0 saturated carbocycles. The van der Waals surface area contributed by atoms with Crippen LogP contribution in [0.15, 0.2) is 22.7 Å². The van der Waals surface area contributed by atoms with Gasteiger partial charge in [0.1, 0.15) is 17.1 Å². The summed E-state index contributed by atoms with van der Waals surface area (Å²) < 4.78 is 15.5. The van der Waals surface area contributed by atoms with E-state index in [0.29, 0.717) is 23.9 Å². The van der Waals surface area contributed by atoms with Gasteiger partial charge in [-0.15, -0.1) is 0 Å². The number of carbonyl (C=O) groups is 1. The van der Waals surface area contributed by atoms with Crippen LogP contribution in [0.2, 0.25) is 0 Å². The molecule has 7 heteroatoms. The van der Waals surface area contributed by atoms with Gasteiger partial charge in [0.2, 0.25) is 11.7 Å². The normalized spacial score (nSPS) is 10.4. The number of aromatic carboxylic acids is 1. The van der Waals surface area contributed by atoms with Crippen LogP contribution < -0.4 is 9.47 Å². The van der Waals surface area contributed by atoms with E-state index in [1.54, 1.807) is 6.07 Å². The first-order valence-corrected chi connectivity index (χ1v) is 6.49. The van der Waals surface area contributed by atoms with Crippen molar-refractivity contribution in [3.8, 4) is 11.5 Å². The fourth-order valence-electron chi connectivity index (χ4n) is 1.74. The number of nitrogens with zero attached hydrogens (tertiary/aromatic N) is 2. The zero-order chi connectivity index (χ0) is 15.2. The first-order valence-electron chi connectivity index (χ1n) is 6.49. The van der Waals surface area contributed by atoms with Gasteiger partial charge in [0.15, 0.2) is 6.61 Å². The van der Waals surface area contributed by atoms with Crippen LogP contribution in [0, 0.1) is 0 Å². The van der Waals surface area contributed by atoms with Crippen molar-refractivity contribution in [2.24, 2.45) is 0 Å². The summed E-state index contributed by atoms with van der Waals surface area (Å²) in [6.07, 6.45) is 1.61. The maximum Gasteiger partial charge on any atom is 0.339 e. The van der Waals surface area contributed by atoms with E-state index in [4.69, 9.17) is 14.0 Å². The Morgan fingerprint density at radius 1 is 1.43 bits per heavy atom. The number of carboxylic acid groups (broad SMARTS) is 1. The van der Waals surface area contributed by atoms with Gasteiger partial charge in [-0.05, 0) is 24.6 Å². The number of hydrogen-bond donors (Lipinski definition) is 1. The smallest absolute Gasteiger partial charge is 0.339 e. The molecule has 0 amide bonds. The van der Waals surface area contributed by atoms with Crippen molar-refractivity contribution in [3.63, 3.8) is 0 Å². The molecule has 1 aromatic carbocycles. The quantitative estimate of drug-likeness (QED) is 0.836. The summed E-state index contributed by atoms with van der Waals surface area (Å²) in [6, 6.07) is 4.56. The van der Waals surface area contributed by atoms with Crippen LogP contribution in [0.5, 0.6) is 11.5 Å². The van der Waals surface area contributed by atoms with E-state index < -0.39 is 5.97 Å². The van der Waals surface area contributed by atoms with E-state index in [2.05, 4.69) is 10.1 Å². The maximum atomic E-state index is 11.2. The van der Waals surface area contributed by atoms with Crippen molar-refractivity contribution in [2.75, 3.05) is 7.11 Å². The maximum absolute atomic E-state index is 11.2. The summed E-state index contributed by atoms with van der Waals surface area (Å²) in [7, 11) is 1.47. The molecule has 2 rings (SSSR count). The number of methoxy groups -OCH3 is 1. The Bertz CT molecular complexity index is 624. The highest BCUT2D eigenvalue weighted by Gasteiger charge is 2.14. The minimum Gasteiger partial charge on any atom is -0.497 e. The standard InChI is InChI=1S/C14H16N2O5/c1-3-4-13-15-12(16-21-13)8-20-11-6-5-9(19-2)7-10(11)14(17)18/h5-7H,3-4,8H2,1-2H3,(H,17,18). The molecule has 1 aromatic heterocycles. The third kappa shape index (κ3) is 3.71. The van der Waals surface area contributed by atoms with E-state index in [-0.39, 0.29) is 17.9 Å². The Hall–Kier alpha value is -2.57. The van der Waals surface area contributed by atoms with Gasteiger partial charge in [0.05, 0.1) is 7.11 Å². The van der Waals surface area contributed by atoms with E-state index in [1.165, 1.54) is 19.2 Å². The molecule has 0 spiro atoms. The van der Waals surface area contributed by atoms with Crippen LogP contribution in [0.3, 0.4) is 0 Å². The lowest BCUT2D eigenvalue weighted by Gasteiger charge is -2.08. The lowest BCUT2D eigenvalue weighted by atomic mass is 10.2. The van der Waals surface area contributed by atoms with E-state index in [0.717, 1.165) is 6.42 Å². The largest absolute Gasteiger partial charge is 0.497 e. The highest BCUT2D eigenvalue weighted by Crippen LogP contribution is 2.24. The van der Waals surface area contributed by atoms with Gasteiger partial charge in [0.25, 0.3) is 0 Å². The number of hydrogen-bond acceptors (Lipinski definition) is 6. The predicted octanol–water partition coefficient (Wildman–Crippen LogP) is 2.31. The van der Waals surface area contributed by atoms with E-state index in [9.17, 15) is 9.90 Å². The molecule has 1 N–H and O–H groups in total. The molecule has 0 radical (unpaired) electrons. The summed E-state index contributed by atoms with van der Waals surface area (Å²) in [5.74, 6) is 0.508. The predicted molar refractivity (Wildman–Crippen MR) is 72.6 cm³/mol. The summed E-state index contributed by atoms with van der Waals surface area (Å²) >= 11 is 0. The number of rotatable bonds is 7. The average molecular weight is 292 g/mol. The second kappa shape index (κ2) is 6.74. The van der Waals surface area contributed by atoms with Gasteiger partial charge < -0.3 is 19.1 Å². The molecule has 0 aliphatic heterocycles. The molecule has 0 atom stereocenters. The Labute approximate surface area is 121 Å². The number of ether oxygens (including phenoxy) is 2. The molecular weight excluding hydrogens is 276 g/mol. The molecule has 1 heterocycles. The number of carboxylic acids is 1. The van der Waals surface area contributed by atoms with Crippen LogP contribution >= 0.6 is 0 Å². The van der Waals surface area contributed by atoms with E-state index in [1.807, 2.05) is 6.92 Å². The van der Waals surface area contributed by atoms with Gasteiger partial charge in [-0.1, -0.05) is 12.1 Å². The SMILES string of the molecule is CCCc1nc(COc2ccc(OC)cc2C(=O)O)no1. The van der Waals surface area contributed by atoms with Crippen molar-refractivity contribution in [1.82, 2.24) is 10.1 Å². The topological polar surface area (TPSA) is 94.7 Å². The van der Waals surface area contributed by atoms with Crippen LogP contribution in [0.25, 0.3) is 0 Å². The fourth-order valence-corrected chi connectivity index (χ4v) is 1.74. The van der Waals surface area contributed by atoms with Gasteiger partial charge in [-0.3, -0.25) is 0 Å². The molecule has 2 aromatic rings. The average Bonchev–Trinajstić information content (AvgIpc) is 2.93. The third-order valence-corrected chi connectivity index (χ3v) is 2.75. The second-order valence-corrected chi connectivity index (χ2v) is 4.31. The third-order valence-electron chi connectivity index (χ3n) is 2.75. The van der Waals surface area contributed by atoms with Crippen LogP contribution in [-0.2, 0) is 13.0 Å². The Balaban J connectivity index is 2.09. The van der Waals surface area contributed by atoms with Gasteiger partial charge in [-0.2, -0.15) is 4.98 Å².